The predicted octanol–water partition coefficient (Wildman–Crippen LogP) is 2.73. The molecule has 1 heterocycles. The first-order valence-corrected chi connectivity index (χ1v) is 10.3. The van der Waals surface area contributed by atoms with E-state index in [1.165, 1.54) is 18.2 Å². The van der Waals surface area contributed by atoms with Gasteiger partial charge < -0.3 is 15.0 Å². The van der Waals surface area contributed by atoms with E-state index in [0.29, 0.717) is 0 Å². The second kappa shape index (κ2) is 10.2. The van der Waals surface area contributed by atoms with Crippen LogP contribution in [0.25, 0.3) is 0 Å². The molecular formula is C17H28N2O3S2. The number of carbonyl (C=O) groups is 2. The van der Waals surface area contributed by atoms with Crippen LogP contribution in [-0.2, 0) is 14.3 Å². The smallest absolute Gasteiger partial charge is 0.316 e. The zero-order valence-corrected chi connectivity index (χ0v) is 16.1. The lowest BCUT2D eigenvalue weighted by molar-refractivity contribution is -0.146. The van der Waals surface area contributed by atoms with Crippen molar-refractivity contribution in [1.82, 2.24) is 10.2 Å². The molecule has 7 heteroatoms. The van der Waals surface area contributed by atoms with Crippen LogP contribution in [0.3, 0.4) is 0 Å². The summed E-state index contributed by atoms with van der Waals surface area (Å²) in [5, 5.41) is 2.94. The zero-order chi connectivity index (χ0) is 17.4. The molecule has 1 aliphatic carbocycles. The molecule has 0 aromatic carbocycles. The van der Waals surface area contributed by atoms with Crippen molar-refractivity contribution in [2.45, 2.75) is 57.9 Å². The van der Waals surface area contributed by atoms with Gasteiger partial charge in [0.05, 0.1) is 5.75 Å². The second-order valence-corrected chi connectivity index (χ2v) is 8.40. The number of nitrogens with zero attached hydrogens (tertiary/aromatic N) is 1. The van der Waals surface area contributed by atoms with Crippen molar-refractivity contribution >= 4 is 40.2 Å². The number of thiocarbonyl (C=S) groups is 1. The minimum atomic E-state index is -0.383. The van der Waals surface area contributed by atoms with Gasteiger partial charge in [0.25, 0.3) is 5.91 Å². The molecular weight excluding hydrogens is 344 g/mol. The maximum Gasteiger partial charge on any atom is 0.316 e. The number of amides is 1. The van der Waals surface area contributed by atoms with Crippen molar-refractivity contribution in [3.63, 3.8) is 0 Å². The quantitative estimate of drug-likeness (QED) is 0.591. The van der Waals surface area contributed by atoms with Gasteiger partial charge in [-0.2, -0.15) is 0 Å². The summed E-state index contributed by atoms with van der Waals surface area (Å²) in [6.07, 6.45) is 7.91. The van der Waals surface area contributed by atoms with E-state index in [4.69, 9.17) is 17.0 Å². The summed E-state index contributed by atoms with van der Waals surface area (Å²) in [4.78, 5) is 25.7. The van der Waals surface area contributed by atoms with E-state index >= 15 is 0 Å². The van der Waals surface area contributed by atoms with Crippen LogP contribution in [0.2, 0.25) is 0 Å². The lowest BCUT2D eigenvalue weighted by atomic mass is 9.95. The van der Waals surface area contributed by atoms with Crippen LogP contribution in [0.4, 0.5) is 0 Å². The Hall–Kier alpha value is -0.820. The lowest BCUT2D eigenvalue weighted by Gasteiger charge is -2.31. The van der Waals surface area contributed by atoms with Crippen molar-refractivity contribution in [3.05, 3.63) is 0 Å². The third-order valence-electron chi connectivity index (χ3n) is 4.69. The van der Waals surface area contributed by atoms with Gasteiger partial charge in [-0.3, -0.25) is 9.59 Å². The Kier molecular flexibility index (Phi) is 8.32. The zero-order valence-electron chi connectivity index (χ0n) is 14.4. The molecule has 0 radical (unpaired) electrons. The van der Waals surface area contributed by atoms with Crippen LogP contribution in [0.15, 0.2) is 0 Å². The van der Waals surface area contributed by atoms with E-state index in [-0.39, 0.29) is 30.3 Å². The third kappa shape index (κ3) is 6.97. The van der Waals surface area contributed by atoms with Crippen LogP contribution in [0.5, 0.6) is 0 Å². The Morgan fingerprint density at radius 3 is 2.50 bits per heavy atom. The van der Waals surface area contributed by atoms with Crippen LogP contribution in [0, 0.1) is 5.92 Å². The maximum atomic E-state index is 11.8. The monoisotopic (exact) mass is 372 g/mol. The van der Waals surface area contributed by atoms with E-state index in [1.54, 1.807) is 0 Å². The Bertz CT molecular complexity index is 445. The summed E-state index contributed by atoms with van der Waals surface area (Å²) in [6, 6.07) is 0.244. The second-order valence-electron chi connectivity index (χ2n) is 6.79. The fourth-order valence-electron chi connectivity index (χ4n) is 3.11. The number of hydrogen-bond donors (Lipinski definition) is 1. The van der Waals surface area contributed by atoms with Gasteiger partial charge in [0, 0.05) is 19.1 Å². The molecule has 24 heavy (non-hydrogen) atoms. The first-order chi connectivity index (χ1) is 11.5. The molecule has 0 aromatic heterocycles. The van der Waals surface area contributed by atoms with Gasteiger partial charge in [0.15, 0.2) is 6.61 Å². The molecule has 1 saturated heterocycles. The number of piperidine rings is 1. The van der Waals surface area contributed by atoms with Gasteiger partial charge in [-0.15, -0.1) is 0 Å². The average Bonchev–Trinajstić information content (AvgIpc) is 2.59. The molecule has 1 saturated carbocycles. The van der Waals surface area contributed by atoms with E-state index < -0.39 is 0 Å². The standard InChI is InChI=1S/C17H28N2O3S2/c1-13-7-9-19(10-8-13)17(23)24-12-16(21)22-11-15(20)18-14-5-3-2-4-6-14/h13-14H,2-12H2,1H3,(H,18,20). The van der Waals surface area contributed by atoms with Gasteiger partial charge >= 0.3 is 5.97 Å². The fraction of sp³-hybridized carbons (Fsp3) is 0.824. The van der Waals surface area contributed by atoms with Gasteiger partial charge in [0.1, 0.15) is 4.32 Å². The van der Waals surface area contributed by atoms with Gasteiger partial charge in [0.2, 0.25) is 0 Å². The number of likely N-dealkylation sites (tertiary alicyclic amines) is 1. The van der Waals surface area contributed by atoms with Crippen molar-refractivity contribution in [3.8, 4) is 0 Å². The molecule has 0 bridgehead atoms. The number of hydrogen-bond acceptors (Lipinski definition) is 5. The molecule has 136 valence electrons. The summed E-state index contributed by atoms with van der Waals surface area (Å²) in [5.74, 6) is 0.336. The Balaban J connectivity index is 1.57. The van der Waals surface area contributed by atoms with Gasteiger partial charge in [-0.25, -0.2) is 0 Å². The summed E-state index contributed by atoms with van der Waals surface area (Å²) in [5.41, 5.74) is 0. The van der Waals surface area contributed by atoms with Crippen molar-refractivity contribution < 1.29 is 14.3 Å². The van der Waals surface area contributed by atoms with Gasteiger partial charge in [-0.1, -0.05) is 50.2 Å². The molecule has 1 N–H and O–H groups in total. The predicted molar refractivity (Wildman–Crippen MR) is 101 cm³/mol. The molecule has 0 spiro atoms. The highest BCUT2D eigenvalue weighted by Crippen LogP contribution is 2.20. The van der Waals surface area contributed by atoms with Crippen molar-refractivity contribution in [2.24, 2.45) is 5.92 Å². The largest absolute Gasteiger partial charge is 0.455 e. The Morgan fingerprint density at radius 2 is 1.83 bits per heavy atom. The molecule has 0 unspecified atom stereocenters. The van der Waals surface area contributed by atoms with E-state index in [9.17, 15) is 9.59 Å². The number of carbonyl (C=O) groups excluding carboxylic acids is 2. The summed E-state index contributed by atoms with van der Waals surface area (Å²) in [7, 11) is 0. The minimum absolute atomic E-state index is 0.168. The normalized spacial score (nSPS) is 19.8. The minimum Gasteiger partial charge on any atom is -0.455 e. The fourth-order valence-corrected chi connectivity index (χ4v) is 4.16. The molecule has 2 aliphatic rings. The Morgan fingerprint density at radius 1 is 1.17 bits per heavy atom. The topological polar surface area (TPSA) is 58.6 Å². The van der Waals surface area contributed by atoms with Gasteiger partial charge in [-0.05, 0) is 31.6 Å². The number of thioether (sulfide) groups is 1. The number of esters is 1. The molecule has 2 fully saturated rings. The maximum absolute atomic E-state index is 11.8. The number of rotatable bonds is 5. The molecule has 5 nitrogen and oxygen atoms in total. The first kappa shape index (κ1) is 19.5. The lowest BCUT2D eigenvalue weighted by Crippen LogP contribution is -2.39. The molecule has 1 aliphatic heterocycles. The third-order valence-corrected chi connectivity index (χ3v) is 6.19. The first-order valence-electron chi connectivity index (χ1n) is 8.91. The van der Waals surface area contributed by atoms with Crippen LogP contribution < -0.4 is 5.32 Å². The molecule has 1 amide bonds. The SMILES string of the molecule is CC1CCN(C(=S)SCC(=O)OCC(=O)NC2CCCCC2)CC1. The summed E-state index contributed by atoms with van der Waals surface area (Å²) >= 11 is 6.71. The van der Waals surface area contributed by atoms with E-state index in [0.717, 1.165) is 61.9 Å². The highest BCUT2D eigenvalue weighted by molar-refractivity contribution is 8.23. The summed E-state index contributed by atoms with van der Waals surface area (Å²) in [6.45, 7) is 3.99. The van der Waals surface area contributed by atoms with E-state index in [2.05, 4.69) is 17.1 Å². The van der Waals surface area contributed by atoms with Crippen LogP contribution >= 0.6 is 24.0 Å². The number of ether oxygens (including phenoxy) is 1. The molecule has 2 rings (SSSR count). The average molecular weight is 373 g/mol. The van der Waals surface area contributed by atoms with Crippen LogP contribution in [-0.4, -0.2) is 52.6 Å². The van der Waals surface area contributed by atoms with Crippen molar-refractivity contribution in [1.29, 1.82) is 0 Å². The highest BCUT2D eigenvalue weighted by atomic mass is 32.2. The Labute approximate surface area is 154 Å². The van der Waals surface area contributed by atoms with E-state index in [1.807, 2.05) is 0 Å². The highest BCUT2D eigenvalue weighted by Gasteiger charge is 2.20. The molecule has 0 atom stereocenters. The molecule has 0 aromatic rings. The summed E-state index contributed by atoms with van der Waals surface area (Å²) < 4.78 is 5.81. The number of nitrogens with one attached hydrogen (secondary N) is 1. The van der Waals surface area contributed by atoms with Crippen LogP contribution in [0.1, 0.15) is 51.9 Å². The van der Waals surface area contributed by atoms with Crippen molar-refractivity contribution in [2.75, 3.05) is 25.4 Å².